The average molecular weight is 500 g/mol. The number of nitrogens with zero attached hydrogens (tertiary/aromatic N) is 1. The molecule has 3 rings (SSSR count). The number of unbranched alkanes of at least 4 members (excludes halogenated alkanes) is 1. The van der Waals surface area contributed by atoms with E-state index in [1.807, 2.05) is 44.2 Å². The number of sulfonamides is 1. The Kier molecular flexibility index (Phi) is 8.75. The third-order valence-corrected chi connectivity index (χ3v) is 7.48. The predicted molar refractivity (Wildman–Crippen MR) is 137 cm³/mol. The van der Waals surface area contributed by atoms with Gasteiger partial charge >= 0.3 is 0 Å². The third-order valence-electron chi connectivity index (χ3n) is 5.46. The average Bonchev–Trinajstić information content (AvgIpc) is 2.82. The van der Waals surface area contributed by atoms with E-state index in [9.17, 15) is 13.2 Å². The highest BCUT2D eigenvalue weighted by Gasteiger charge is 2.31. The molecule has 0 radical (unpaired) electrons. The fraction of sp³-hybridized carbons (Fsp3) is 0.296. The monoisotopic (exact) mass is 499 g/mol. The van der Waals surface area contributed by atoms with Crippen molar-refractivity contribution in [3.63, 3.8) is 0 Å². The number of para-hydroxylation sites is 1. The summed E-state index contributed by atoms with van der Waals surface area (Å²) in [5, 5.41) is 0.408. The molecule has 0 saturated heterocycles. The van der Waals surface area contributed by atoms with E-state index in [-0.39, 0.29) is 16.5 Å². The van der Waals surface area contributed by atoms with Gasteiger partial charge in [0, 0.05) is 5.02 Å². The summed E-state index contributed by atoms with van der Waals surface area (Å²) < 4.78 is 33.7. The number of hydrogen-bond donors (Lipinski definition) is 0. The van der Waals surface area contributed by atoms with Gasteiger partial charge in [-0.05, 0) is 72.4 Å². The number of carbonyl (C=O) groups is 1. The topological polar surface area (TPSA) is 63.7 Å². The van der Waals surface area contributed by atoms with Gasteiger partial charge in [-0.1, -0.05) is 69.1 Å². The van der Waals surface area contributed by atoms with Gasteiger partial charge < -0.3 is 4.74 Å². The van der Waals surface area contributed by atoms with E-state index in [1.54, 1.807) is 18.2 Å². The molecule has 3 aromatic rings. The first-order chi connectivity index (χ1) is 16.2. The van der Waals surface area contributed by atoms with Crippen molar-refractivity contribution >= 4 is 33.2 Å². The quantitative estimate of drug-likeness (QED) is 0.315. The van der Waals surface area contributed by atoms with Crippen molar-refractivity contribution in [2.24, 2.45) is 0 Å². The zero-order valence-electron chi connectivity index (χ0n) is 19.7. The Morgan fingerprint density at radius 3 is 2.24 bits per heavy atom. The molecule has 0 atom stereocenters. The first kappa shape index (κ1) is 25.8. The van der Waals surface area contributed by atoms with Crippen molar-refractivity contribution in [2.75, 3.05) is 10.9 Å². The van der Waals surface area contributed by atoms with E-state index in [1.165, 1.54) is 24.3 Å². The number of amides is 1. The van der Waals surface area contributed by atoms with Crippen molar-refractivity contribution in [1.82, 2.24) is 0 Å². The summed E-state index contributed by atoms with van der Waals surface area (Å²) in [7, 11) is -4.19. The molecule has 3 aromatic carbocycles. The standard InChI is InChI=1S/C27H30ClNO4S/c1-4-5-8-21-11-15-23(16-12-21)29(34(31,32)24-17-13-22(28)14-18-24)27(30)19-33-26-10-7-6-9-25(26)20(2)3/h6-7,9-18,20H,4-5,8,19H2,1-3H3. The fourth-order valence-corrected chi connectivity index (χ4v) is 5.13. The second-order valence-electron chi connectivity index (χ2n) is 8.37. The summed E-state index contributed by atoms with van der Waals surface area (Å²) in [6.07, 6.45) is 2.99. The van der Waals surface area contributed by atoms with E-state index >= 15 is 0 Å². The summed E-state index contributed by atoms with van der Waals surface area (Å²) >= 11 is 5.94. The van der Waals surface area contributed by atoms with Gasteiger partial charge in [0.25, 0.3) is 15.9 Å². The smallest absolute Gasteiger partial charge is 0.278 e. The lowest BCUT2D eigenvalue weighted by Crippen LogP contribution is -2.40. The minimum atomic E-state index is -4.19. The van der Waals surface area contributed by atoms with Crippen LogP contribution in [0.4, 0.5) is 5.69 Å². The zero-order valence-corrected chi connectivity index (χ0v) is 21.3. The highest BCUT2D eigenvalue weighted by Crippen LogP contribution is 2.28. The largest absolute Gasteiger partial charge is 0.483 e. The summed E-state index contributed by atoms with van der Waals surface area (Å²) in [5.41, 5.74) is 2.30. The molecule has 7 heteroatoms. The molecular weight excluding hydrogens is 470 g/mol. The molecule has 0 saturated carbocycles. The van der Waals surface area contributed by atoms with Crippen molar-refractivity contribution < 1.29 is 17.9 Å². The molecule has 0 heterocycles. The van der Waals surface area contributed by atoms with E-state index in [2.05, 4.69) is 6.92 Å². The molecule has 0 aliphatic rings. The van der Waals surface area contributed by atoms with E-state index in [0.29, 0.717) is 10.8 Å². The van der Waals surface area contributed by atoms with Crippen LogP contribution in [0.5, 0.6) is 5.75 Å². The molecule has 5 nitrogen and oxygen atoms in total. The van der Waals surface area contributed by atoms with Gasteiger partial charge in [0.2, 0.25) is 0 Å². The van der Waals surface area contributed by atoms with Crippen LogP contribution in [0, 0.1) is 0 Å². The molecular formula is C27H30ClNO4S. The highest BCUT2D eigenvalue weighted by molar-refractivity contribution is 7.93. The minimum Gasteiger partial charge on any atom is -0.483 e. The summed E-state index contributed by atoms with van der Waals surface area (Å²) in [6, 6.07) is 20.2. The van der Waals surface area contributed by atoms with Gasteiger partial charge in [-0.3, -0.25) is 4.79 Å². The Bertz CT molecular complexity index is 1210. The lowest BCUT2D eigenvalue weighted by molar-refractivity contribution is -0.119. The van der Waals surface area contributed by atoms with Crippen LogP contribution in [-0.2, 0) is 21.2 Å². The molecule has 34 heavy (non-hydrogen) atoms. The second kappa shape index (κ2) is 11.5. The van der Waals surface area contributed by atoms with Crippen LogP contribution in [0.1, 0.15) is 50.7 Å². The number of benzene rings is 3. The van der Waals surface area contributed by atoms with Crippen LogP contribution in [0.2, 0.25) is 5.02 Å². The minimum absolute atomic E-state index is 0.0251. The lowest BCUT2D eigenvalue weighted by Gasteiger charge is -2.23. The molecule has 0 aromatic heterocycles. The summed E-state index contributed by atoms with van der Waals surface area (Å²) in [4.78, 5) is 13.3. The number of rotatable bonds is 10. The first-order valence-corrected chi connectivity index (χ1v) is 13.2. The zero-order chi connectivity index (χ0) is 24.7. The first-order valence-electron chi connectivity index (χ1n) is 11.4. The lowest BCUT2D eigenvalue weighted by atomic mass is 10.0. The van der Waals surface area contributed by atoms with Gasteiger partial charge in [0.15, 0.2) is 6.61 Å². The van der Waals surface area contributed by atoms with Crippen LogP contribution >= 0.6 is 11.6 Å². The third kappa shape index (κ3) is 6.19. The Morgan fingerprint density at radius 1 is 0.971 bits per heavy atom. The van der Waals surface area contributed by atoms with Crippen molar-refractivity contribution in [3.05, 3.63) is 88.9 Å². The molecule has 0 spiro atoms. The number of carbonyl (C=O) groups excluding carboxylic acids is 1. The Hall–Kier alpha value is -2.83. The van der Waals surface area contributed by atoms with Crippen molar-refractivity contribution in [2.45, 2.75) is 50.8 Å². The van der Waals surface area contributed by atoms with Crippen molar-refractivity contribution in [3.8, 4) is 5.75 Å². The SMILES string of the molecule is CCCCc1ccc(N(C(=O)COc2ccccc2C(C)C)S(=O)(=O)c2ccc(Cl)cc2)cc1. The van der Waals surface area contributed by atoms with E-state index in [0.717, 1.165) is 34.7 Å². The van der Waals surface area contributed by atoms with Crippen LogP contribution in [0.3, 0.4) is 0 Å². The molecule has 0 N–H and O–H groups in total. The van der Waals surface area contributed by atoms with Gasteiger partial charge in [0.05, 0.1) is 10.6 Å². The number of ether oxygens (including phenoxy) is 1. The molecule has 0 aliphatic carbocycles. The van der Waals surface area contributed by atoms with Gasteiger partial charge in [-0.15, -0.1) is 0 Å². The fourth-order valence-electron chi connectivity index (χ4n) is 3.59. The Morgan fingerprint density at radius 2 is 1.62 bits per heavy atom. The van der Waals surface area contributed by atoms with Crippen molar-refractivity contribution in [1.29, 1.82) is 0 Å². The molecule has 0 bridgehead atoms. The van der Waals surface area contributed by atoms with E-state index < -0.39 is 22.5 Å². The van der Waals surface area contributed by atoms with Gasteiger partial charge in [0.1, 0.15) is 5.75 Å². The summed E-state index contributed by atoms with van der Waals surface area (Å²) in [6.45, 7) is 5.75. The van der Waals surface area contributed by atoms with Crippen LogP contribution in [0.25, 0.3) is 0 Å². The van der Waals surface area contributed by atoms with E-state index in [4.69, 9.17) is 16.3 Å². The number of anilines is 1. The maximum atomic E-state index is 13.5. The van der Waals surface area contributed by atoms with Crippen LogP contribution < -0.4 is 9.04 Å². The normalized spacial score (nSPS) is 11.4. The molecule has 0 aliphatic heterocycles. The Balaban J connectivity index is 1.94. The summed E-state index contributed by atoms with van der Waals surface area (Å²) in [5.74, 6) is 0.0651. The maximum Gasteiger partial charge on any atom is 0.278 e. The number of hydrogen-bond acceptors (Lipinski definition) is 4. The predicted octanol–water partition coefficient (Wildman–Crippen LogP) is 6.61. The van der Waals surface area contributed by atoms with Gasteiger partial charge in [-0.2, -0.15) is 4.31 Å². The molecule has 0 unspecified atom stereocenters. The van der Waals surface area contributed by atoms with Gasteiger partial charge in [-0.25, -0.2) is 8.42 Å². The molecule has 180 valence electrons. The second-order valence-corrected chi connectivity index (χ2v) is 10.6. The number of aryl methyl sites for hydroxylation is 1. The maximum absolute atomic E-state index is 13.5. The van der Waals surface area contributed by atoms with Crippen LogP contribution in [0.15, 0.2) is 77.7 Å². The molecule has 1 amide bonds. The number of halogens is 1. The Labute approximate surface area is 207 Å². The highest BCUT2D eigenvalue weighted by atomic mass is 35.5. The van der Waals surface area contributed by atoms with Crippen LogP contribution in [-0.4, -0.2) is 20.9 Å². The molecule has 0 fully saturated rings.